The fraction of sp³-hybridized carbons (Fsp3) is 0.421. The molecule has 1 aromatic heterocycles. The number of fused-ring (bicyclic) bond motifs is 1. The Kier molecular flexibility index (Phi) is 5.26. The number of nitro groups is 1. The normalized spacial score (nSPS) is 18.3. The molecular formula is C19H21N5O5. The monoisotopic (exact) mass is 399 g/mol. The lowest BCUT2D eigenvalue weighted by atomic mass is 10.0. The Bertz CT molecular complexity index is 933. The summed E-state index contributed by atoms with van der Waals surface area (Å²) >= 11 is 0. The molecule has 1 aromatic carbocycles. The minimum atomic E-state index is -0.506. The number of hydrogen-bond acceptors (Lipinski definition) is 6. The van der Waals surface area contributed by atoms with Gasteiger partial charge in [0.15, 0.2) is 5.69 Å². The Morgan fingerprint density at radius 1 is 1.34 bits per heavy atom. The molecule has 0 saturated carbocycles. The van der Waals surface area contributed by atoms with Gasteiger partial charge in [-0.15, -0.1) is 0 Å². The van der Waals surface area contributed by atoms with Gasteiger partial charge in [0.25, 0.3) is 17.5 Å². The third-order valence-electron chi connectivity index (χ3n) is 5.28. The van der Waals surface area contributed by atoms with E-state index < -0.39 is 4.92 Å². The first kappa shape index (κ1) is 19.1. The number of nitro benzene ring substituents is 1. The van der Waals surface area contributed by atoms with Gasteiger partial charge in [-0.05, 0) is 25.0 Å². The summed E-state index contributed by atoms with van der Waals surface area (Å²) < 4.78 is 5.52. The standard InChI is InChI=1S/C19H21N5O5/c25-18(20-10-14-2-1-9-29-14)17-15-11-23(8-7-16(15)21-22-17)19(26)12-3-5-13(6-4-12)24(27)28/h3-6,14H,1-2,7-11H2,(H,20,25)(H,21,22). The second kappa shape index (κ2) is 8.00. The molecule has 4 rings (SSSR count). The molecule has 2 aliphatic heterocycles. The third kappa shape index (κ3) is 3.97. The van der Waals surface area contributed by atoms with E-state index >= 15 is 0 Å². The second-order valence-corrected chi connectivity index (χ2v) is 7.16. The summed E-state index contributed by atoms with van der Waals surface area (Å²) in [6.07, 6.45) is 2.52. The Labute approximate surface area is 166 Å². The van der Waals surface area contributed by atoms with Gasteiger partial charge in [-0.2, -0.15) is 5.10 Å². The van der Waals surface area contributed by atoms with Gasteiger partial charge < -0.3 is 15.0 Å². The number of carbonyl (C=O) groups is 2. The number of rotatable bonds is 5. The number of hydrogen-bond donors (Lipinski definition) is 2. The van der Waals surface area contributed by atoms with Crippen molar-refractivity contribution in [3.05, 3.63) is 56.9 Å². The van der Waals surface area contributed by atoms with Crippen molar-refractivity contribution < 1.29 is 19.2 Å². The highest BCUT2D eigenvalue weighted by Gasteiger charge is 2.29. The molecule has 2 aliphatic rings. The van der Waals surface area contributed by atoms with Crippen LogP contribution in [0.1, 0.15) is 44.9 Å². The molecule has 2 amide bonds. The highest BCUT2D eigenvalue weighted by atomic mass is 16.6. The maximum Gasteiger partial charge on any atom is 0.272 e. The molecule has 152 valence electrons. The number of carbonyl (C=O) groups excluding carboxylic acids is 2. The number of nitrogens with one attached hydrogen (secondary N) is 2. The number of nitrogens with zero attached hydrogens (tertiary/aromatic N) is 3. The lowest BCUT2D eigenvalue weighted by molar-refractivity contribution is -0.384. The minimum Gasteiger partial charge on any atom is -0.376 e. The van der Waals surface area contributed by atoms with Crippen LogP contribution in [0.15, 0.2) is 24.3 Å². The summed E-state index contributed by atoms with van der Waals surface area (Å²) in [5, 5.41) is 20.7. The molecule has 10 nitrogen and oxygen atoms in total. The molecule has 3 heterocycles. The van der Waals surface area contributed by atoms with Crippen molar-refractivity contribution in [2.45, 2.75) is 31.9 Å². The van der Waals surface area contributed by atoms with Crippen molar-refractivity contribution in [3.8, 4) is 0 Å². The molecule has 29 heavy (non-hydrogen) atoms. The van der Waals surface area contributed by atoms with Crippen LogP contribution in [0.2, 0.25) is 0 Å². The number of benzene rings is 1. The van der Waals surface area contributed by atoms with Gasteiger partial charge in [0, 0.05) is 55.1 Å². The summed E-state index contributed by atoms with van der Waals surface area (Å²) in [5.41, 5.74) is 2.14. The Morgan fingerprint density at radius 3 is 2.83 bits per heavy atom. The maximum absolute atomic E-state index is 12.8. The van der Waals surface area contributed by atoms with E-state index in [1.807, 2.05) is 0 Å². The average Bonchev–Trinajstić information content (AvgIpc) is 3.41. The number of ether oxygens (including phenoxy) is 1. The van der Waals surface area contributed by atoms with Gasteiger partial charge in [-0.1, -0.05) is 0 Å². The van der Waals surface area contributed by atoms with Crippen LogP contribution >= 0.6 is 0 Å². The molecule has 2 N–H and O–H groups in total. The first-order valence-corrected chi connectivity index (χ1v) is 9.52. The number of aromatic nitrogens is 2. The van der Waals surface area contributed by atoms with Crippen molar-refractivity contribution in [1.29, 1.82) is 0 Å². The zero-order valence-corrected chi connectivity index (χ0v) is 15.7. The van der Waals surface area contributed by atoms with Crippen molar-refractivity contribution in [3.63, 3.8) is 0 Å². The number of H-pyrrole nitrogens is 1. The third-order valence-corrected chi connectivity index (χ3v) is 5.28. The fourth-order valence-corrected chi connectivity index (χ4v) is 3.66. The maximum atomic E-state index is 12.8. The van der Waals surface area contributed by atoms with Crippen LogP contribution in [0.4, 0.5) is 5.69 Å². The lowest BCUT2D eigenvalue weighted by Crippen LogP contribution is -2.37. The van der Waals surface area contributed by atoms with Crippen LogP contribution in [0, 0.1) is 10.1 Å². The van der Waals surface area contributed by atoms with Gasteiger partial charge in [0.05, 0.1) is 17.6 Å². The summed E-state index contributed by atoms with van der Waals surface area (Å²) in [6, 6.07) is 5.51. The van der Waals surface area contributed by atoms with Crippen LogP contribution in [-0.4, -0.2) is 57.6 Å². The second-order valence-electron chi connectivity index (χ2n) is 7.16. The quantitative estimate of drug-likeness (QED) is 0.578. The van der Waals surface area contributed by atoms with E-state index in [1.54, 1.807) is 4.90 Å². The summed E-state index contributed by atoms with van der Waals surface area (Å²) in [6.45, 7) is 1.89. The summed E-state index contributed by atoms with van der Waals surface area (Å²) in [7, 11) is 0. The molecule has 1 atom stereocenters. The largest absolute Gasteiger partial charge is 0.376 e. The highest BCUT2D eigenvalue weighted by Crippen LogP contribution is 2.23. The van der Waals surface area contributed by atoms with Crippen LogP contribution < -0.4 is 5.32 Å². The van der Waals surface area contributed by atoms with E-state index in [9.17, 15) is 19.7 Å². The summed E-state index contributed by atoms with van der Waals surface area (Å²) in [4.78, 5) is 37.3. The molecular weight excluding hydrogens is 378 g/mol. The predicted molar refractivity (Wildman–Crippen MR) is 101 cm³/mol. The topological polar surface area (TPSA) is 130 Å². The average molecular weight is 399 g/mol. The van der Waals surface area contributed by atoms with Crippen LogP contribution in [0.25, 0.3) is 0 Å². The molecule has 1 saturated heterocycles. The van der Waals surface area contributed by atoms with Crippen LogP contribution in [0.3, 0.4) is 0 Å². The summed E-state index contributed by atoms with van der Waals surface area (Å²) in [5.74, 6) is -0.528. The van der Waals surface area contributed by atoms with Crippen molar-refractivity contribution in [2.24, 2.45) is 0 Å². The number of aromatic amines is 1. The van der Waals surface area contributed by atoms with E-state index in [-0.39, 0.29) is 30.2 Å². The SMILES string of the molecule is O=C(NCC1CCCO1)c1n[nH]c2c1CN(C(=O)c1ccc([N+](=O)[O-])cc1)CC2. The van der Waals surface area contributed by atoms with Crippen molar-refractivity contribution in [2.75, 3.05) is 19.7 Å². The first-order chi connectivity index (χ1) is 14.0. The van der Waals surface area contributed by atoms with E-state index in [0.29, 0.717) is 36.3 Å². The highest BCUT2D eigenvalue weighted by molar-refractivity contribution is 5.96. The number of non-ortho nitro benzene ring substituents is 1. The predicted octanol–water partition coefficient (Wildman–Crippen LogP) is 1.43. The van der Waals surface area contributed by atoms with Gasteiger partial charge in [-0.3, -0.25) is 24.8 Å². The van der Waals surface area contributed by atoms with E-state index in [1.165, 1.54) is 24.3 Å². The molecule has 0 aliphatic carbocycles. The molecule has 1 unspecified atom stereocenters. The Hall–Kier alpha value is -3.27. The Balaban J connectivity index is 1.44. The van der Waals surface area contributed by atoms with Crippen molar-refractivity contribution in [1.82, 2.24) is 20.4 Å². The van der Waals surface area contributed by atoms with Crippen LogP contribution in [0.5, 0.6) is 0 Å². The van der Waals surface area contributed by atoms with E-state index in [4.69, 9.17) is 4.74 Å². The molecule has 0 spiro atoms. The van der Waals surface area contributed by atoms with E-state index in [2.05, 4.69) is 15.5 Å². The van der Waals surface area contributed by atoms with Crippen molar-refractivity contribution >= 4 is 17.5 Å². The fourth-order valence-electron chi connectivity index (χ4n) is 3.66. The van der Waals surface area contributed by atoms with Gasteiger partial charge in [-0.25, -0.2) is 0 Å². The molecule has 1 fully saturated rings. The zero-order chi connectivity index (χ0) is 20.4. The lowest BCUT2D eigenvalue weighted by Gasteiger charge is -2.27. The number of amides is 2. The zero-order valence-electron chi connectivity index (χ0n) is 15.7. The Morgan fingerprint density at radius 2 is 2.14 bits per heavy atom. The molecule has 0 radical (unpaired) electrons. The molecule has 2 aromatic rings. The van der Waals surface area contributed by atoms with Gasteiger partial charge in [0.2, 0.25) is 0 Å². The van der Waals surface area contributed by atoms with Gasteiger partial charge >= 0.3 is 0 Å². The van der Waals surface area contributed by atoms with Crippen LogP contribution in [-0.2, 0) is 17.7 Å². The smallest absolute Gasteiger partial charge is 0.272 e. The van der Waals surface area contributed by atoms with Gasteiger partial charge in [0.1, 0.15) is 0 Å². The molecule has 0 bridgehead atoms. The molecule has 10 heteroatoms. The first-order valence-electron chi connectivity index (χ1n) is 9.52. The minimum absolute atomic E-state index is 0.0360. The van der Waals surface area contributed by atoms with E-state index in [0.717, 1.165) is 25.1 Å².